The molecule has 128 valence electrons. The first-order chi connectivity index (χ1) is 9.98. The van der Waals surface area contributed by atoms with Gasteiger partial charge < -0.3 is 9.84 Å². The molecule has 0 aliphatic carbocycles. The average molecular weight is 312 g/mol. The molecule has 0 amide bonds. The lowest BCUT2D eigenvalue weighted by atomic mass is 10.1. The second-order valence-electron chi connectivity index (χ2n) is 5.64. The molecule has 0 fully saturated rings. The summed E-state index contributed by atoms with van der Waals surface area (Å²) in [6.45, 7) is 3.82. The van der Waals surface area contributed by atoms with Crippen LogP contribution < -0.4 is 0 Å². The third-order valence-corrected chi connectivity index (χ3v) is 3.54. The van der Waals surface area contributed by atoms with Crippen molar-refractivity contribution in [3.05, 3.63) is 0 Å². The van der Waals surface area contributed by atoms with Crippen LogP contribution in [0.15, 0.2) is 0 Å². The van der Waals surface area contributed by atoms with E-state index in [4.69, 9.17) is 9.84 Å². The van der Waals surface area contributed by atoms with E-state index in [1.54, 1.807) is 0 Å². The predicted octanol–water partition coefficient (Wildman–Crippen LogP) is 5.24. The van der Waals surface area contributed by atoms with Crippen LogP contribution in [-0.2, 0) is 4.74 Å². The molecule has 0 bridgehead atoms. The summed E-state index contributed by atoms with van der Waals surface area (Å²) in [5.74, 6) is 0. The van der Waals surface area contributed by atoms with E-state index in [1.165, 1.54) is 19.3 Å². The Morgan fingerprint density at radius 2 is 1.29 bits per heavy atom. The van der Waals surface area contributed by atoms with Gasteiger partial charge in [0.2, 0.25) is 0 Å². The molecule has 0 heterocycles. The van der Waals surface area contributed by atoms with Gasteiger partial charge in [0.05, 0.1) is 0 Å². The smallest absolute Gasteiger partial charge is 0.384 e. The quantitative estimate of drug-likeness (QED) is 0.445. The van der Waals surface area contributed by atoms with Gasteiger partial charge in [0, 0.05) is 13.2 Å². The van der Waals surface area contributed by atoms with Gasteiger partial charge in [-0.1, -0.05) is 58.3 Å². The Kier molecular flexibility index (Phi) is 13.2. The van der Waals surface area contributed by atoms with Crippen LogP contribution in [0.3, 0.4) is 0 Å². The maximum absolute atomic E-state index is 12.0. The molecular weight excluding hydrogens is 281 g/mol. The molecule has 0 radical (unpaired) electrons. The summed E-state index contributed by atoms with van der Waals surface area (Å²) in [5, 5.41) is 8.82. The van der Waals surface area contributed by atoms with Crippen molar-refractivity contribution >= 4 is 0 Å². The maximum Gasteiger partial charge on any atom is 0.414 e. The highest BCUT2D eigenvalue weighted by Gasteiger charge is 2.37. The van der Waals surface area contributed by atoms with Gasteiger partial charge in [-0.05, 0) is 19.3 Å². The van der Waals surface area contributed by atoms with Gasteiger partial charge in [-0.25, -0.2) is 0 Å². The fourth-order valence-electron chi connectivity index (χ4n) is 2.15. The van der Waals surface area contributed by atoms with Gasteiger partial charge in [-0.2, -0.15) is 13.2 Å². The summed E-state index contributed by atoms with van der Waals surface area (Å²) in [6.07, 6.45) is 3.33. The van der Waals surface area contributed by atoms with E-state index < -0.39 is 12.3 Å². The minimum atomic E-state index is -4.46. The third-order valence-electron chi connectivity index (χ3n) is 3.54. The Hall–Kier alpha value is -0.290. The summed E-state index contributed by atoms with van der Waals surface area (Å²) >= 11 is 0. The van der Waals surface area contributed by atoms with Gasteiger partial charge in [-0.15, -0.1) is 0 Å². The second-order valence-corrected chi connectivity index (χ2v) is 5.64. The molecule has 0 aromatic heterocycles. The van der Waals surface area contributed by atoms with Crippen molar-refractivity contribution in [2.75, 3.05) is 13.2 Å². The van der Waals surface area contributed by atoms with Crippen molar-refractivity contribution in [2.24, 2.45) is 0 Å². The number of rotatable bonds is 14. The van der Waals surface area contributed by atoms with Crippen molar-refractivity contribution in [1.29, 1.82) is 0 Å². The number of aliphatic hydroxyl groups excluding tert-OH is 1. The highest BCUT2D eigenvalue weighted by molar-refractivity contribution is 4.64. The van der Waals surface area contributed by atoms with E-state index in [1.807, 2.05) is 0 Å². The van der Waals surface area contributed by atoms with Gasteiger partial charge >= 0.3 is 6.18 Å². The normalized spacial score (nSPS) is 13.6. The molecule has 21 heavy (non-hydrogen) atoms. The van der Waals surface area contributed by atoms with E-state index in [-0.39, 0.29) is 6.42 Å². The lowest BCUT2D eigenvalue weighted by Gasteiger charge is -2.13. The number of alkyl halides is 3. The standard InChI is InChI=1S/C16H31F3O2/c1-2-3-4-10-13-21-14-11-8-6-5-7-9-12-15(20)16(17,18)19/h15,20H,2-14H2,1H3. The summed E-state index contributed by atoms with van der Waals surface area (Å²) < 4.78 is 41.6. The molecule has 2 nitrogen and oxygen atoms in total. The van der Waals surface area contributed by atoms with E-state index in [0.29, 0.717) is 6.42 Å². The molecule has 0 aromatic rings. The van der Waals surface area contributed by atoms with Crippen molar-refractivity contribution in [2.45, 2.75) is 89.8 Å². The summed E-state index contributed by atoms with van der Waals surface area (Å²) in [6, 6.07) is 0. The highest BCUT2D eigenvalue weighted by atomic mass is 19.4. The summed E-state index contributed by atoms with van der Waals surface area (Å²) in [5.41, 5.74) is 0. The number of aliphatic hydroxyl groups is 1. The topological polar surface area (TPSA) is 29.5 Å². The Labute approximate surface area is 127 Å². The van der Waals surface area contributed by atoms with Crippen LogP contribution in [0.1, 0.15) is 77.6 Å². The van der Waals surface area contributed by atoms with Crippen LogP contribution in [0.25, 0.3) is 0 Å². The molecule has 0 saturated heterocycles. The van der Waals surface area contributed by atoms with Gasteiger partial charge in [0.25, 0.3) is 0 Å². The van der Waals surface area contributed by atoms with Gasteiger partial charge in [-0.3, -0.25) is 0 Å². The zero-order valence-electron chi connectivity index (χ0n) is 13.3. The molecule has 1 N–H and O–H groups in total. The number of hydrogen-bond donors (Lipinski definition) is 1. The zero-order valence-corrected chi connectivity index (χ0v) is 13.3. The lowest BCUT2D eigenvalue weighted by Crippen LogP contribution is -2.28. The Morgan fingerprint density at radius 1 is 0.810 bits per heavy atom. The van der Waals surface area contributed by atoms with Gasteiger partial charge in [0.1, 0.15) is 6.10 Å². The average Bonchev–Trinajstić information content (AvgIpc) is 2.42. The number of ether oxygens (including phenoxy) is 1. The lowest BCUT2D eigenvalue weighted by molar-refractivity contribution is -0.205. The summed E-state index contributed by atoms with van der Waals surface area (Å²) in [7, 11) is 0. The molecule has 0 aliphatic heterocycles. The van der Waals surface area contributed by atoms with E-state index in [2.05, 4.69) is 6.92 Å². The molecule has 1 unspecified atom stereocenters. The minimum absolute atomic E-state index is 0.176. The molecular formula is C16H31F3O2. The molecule has 1 atom stereocenters. The third kappa shape index (κ3) is 14.4. The molecule has 5 heteroatoms. The Morgan fingerprint density at radius 3 is 1.81 bits per heavy atom. The molecule has 0 rings (SSSR count). The van der Waals surface area contributed by atoms with Crippen LogP contribution in [0, 0.1) is 0 Å². The number of unbranched alkanes of at least 4 members (excludes halogenated alkanes) is 8. The highest BCUT2D eigenvalue weighted by Crippen LogP contribution is 2.24. The summed E-state index contributed by atoms with van der Waals surface area (Å²) in [4.78, 5) is 0. The fourth-order valence-corrected chi connectivity index (χ4v) is 2.15. The van der Waals surface area contributed by atoms with Crippen LogP contribution in [0.5, 0.6) is 0 Å². The Bertz CT molecular complexity index is 220. The molecule has 0 aromatic carbocycles. The second kappa shape index (κ2) is 13.4. The molecule has 0 spiro atoms. The molecule has 0 aliphatic rings. The van der Waals surface area contributed by atoms with Crippen molar-refractivity contribution in [3.8, 4) is 0 Å². The first kappa shape index (κ1) is 20.7. The zero-order chi connectivity index (χ0) is 16.0. The van der Waals surface area contributed by atoms with Crippen molar-refractivity contribution < 1.29 is 23.0 Å². The SMILES string of the molecule is CCCCCCOCCCCCCCCC(O)C(F)(F)F. The first-order valence-electron chi connectivity index (χ1n) is 8.31. The van der Waals surface area contributed by atoms with E-state index in [0.717, 1.165) is 51.7 Å². The van der Waals surface area contributed by atoms with Crippen molar-refractivity contribution in [1.82, 2.24) is 0 Å². The number of halogens is 3. The number of hydrogen-bond acceptors (Lipinski definition) is 2. The molecule has 0 saturated carbocycles. The van der Waals surface area contributed by atoms with E-state index >= 15 is 0 Å². The van der Waals surface area contributed by atoms with Crippen LogP contribution >= 0.6 is 0 Å². The van der Waals surface area contributed by atoms with Crippen LogP contribution in [0.4, 0.5) is 13.2 Å². The first-order valence-corrected chi connectivity index (χ1v) is 8.31. The van der Waals surface area contributed by atoms with Crippen molar-refractivity contribution in [3.63, 3.8) is 0 Å². The maximum atomic E-state index is 12.0. The monoisotopic (exact) mass is 312 g/mol. The largest absolute Gasteiger partial charge is 0.414 e. The van der Waals surface area contributed by atoms with Crippen LogP contribution in [-0.4, -0.2) is 30.6 Å². The van der Waals surface area contributed by atoms with Gasteiger partial charge in [0.15, 0.2) is 0 Å². The fraction of sp³-hybridized carbons (Fsp3) is 1.00. The minimum Gasteiger partial charge on any atom is -0.384 e. The van der Waals surface area contributed by atoms with E-state index in [9.17, 15) is 13.2 Å². The Balaban J connectivity index is 3.13. The predicted molar refractivity (Wildman–Crippen MR) is 79.3 cm³/mol. The van der Waals surface area contributed by atoms with Crippen LogP contribution in [0.2, 0.25) is 0 Å².